The molecule has 0 unspecified atom stereocenters. The lowest BCUT2D eigenvalue weighted by molar-refractivity contribution is -0.143. The van der Waals surface area contributed by atoms with E-state index in [1.54, 1.807) is 0 Å². The first-order chi connectivity index (χ1) is 5.11. The molecule has 11 heavy (non-hydrogen) atoms. The standard InChI is InChI=1S/C8H15NO2/c1-5-2-3-6(8(10)11)4-7(5)9/h5-7H,2-4,9H2,1H3,(H,10,11)/t5-,6+,7-/m1/s1. The normalized spacial score (nSPS) is 38.5. The molecule has 0 aliphatic heterocycles. The van der Waals surface area contributed by atoms with E-state index in [-0.39, 0.29) is 12.0 Å². The molecule has 3 heteroatoms. The van der Waals surface area contributed by atoms with Crippen molar-refractivity contribution in [2.45, 2.75) is 32.2 Å². The second-order valence-corrected chi connectivity index (χ2v) is 3.49. The van der Waals surface area contributed by atoms with Gasteiger partial charge in [0.25, 0.3) is 0 Å². The Morgan fingerprint density at radius 2 is 2.18 bits per heavy atom. The van der Waals surface area contributed by atoms with Gasteiger partial charge in [-0.2, -0.15) is 0 Å². The van der Waals surface area contributed by atoms with Crippen molar-refractivity contribution < 1.29 is 9.90 Å². The summed E-state index contributed by atoms with van der Waals surface area (Å²) in [5.74, 6) is -0.390. The lowest BCUT2D eigenvalue weighted by Crippen LogP contribution is -2.37. The van der Waals surface area contributed by atoms with Crippen LogP contribution in [0.25, 0.3) is 0 Å². The number of hydrogen-bond acceptors (Lipinski definition) is 2. The number of carboxylic acid groups (broad SMARTS) is 1. The minimum atomic E-state index is -0.688. The Labute approximate surface area is 66.6 Å². The molecule has 0 amide bonds. The lowest BCUT2D eigenvalue weighted by Gasteiger charge is -2.29. The van der Waals surface area contributed by atoms with Crippen LogP contribution < -0.4 is 5.73 Å². The first-order valence-corrected chi connectivity index (χ1v) is 4.09. The van der Waals surface area contributed by atoms with Crippen LogP contribution in [-0.4, -0.2) is 17.1 Å². The molecule has 3 atom stereocenters. The van der Waals surface area contributed by atoms with E-state index in [0.717, 1.165) is 12.8 Å². The third kappa shape index (κ3) is 1.93. The van der Waals surface area contributed by atoms with Crippen LogP contribution in [0.2, 0.25) is 0 Å². The SMILES string of the molecule is C[C@@H]1CC[C@H](C(=O)O)C[C@H]1N. The quantitative estimate of drug-likeness (QED) is 0.592. The fraction of sp³-hybridized carbons (Fsp3) is 0.875. The molecule has 1 fully saturated rings. The Kier molecular flexibility index (Phi) is 2.49. The molecule has 0 spiro atoms. The predicted octanol–water partition coefficient (Wildman–Crippen LogP) is 0.835. The van der Waals surface area contributed by atoms with Crippen molar-refractivity contribution in [1.29, 1.82) is 0 Å². The van der Waals surface area contributed by atoms with Crippen LogP contribution in [0.3, 0.4) is 0 Å². The highest BCUT2D eigenvalue weighted by molar-refractivity contribution is 5.70. The Hall–Kier alpha value is -0.570. The topological polar surface area (TPSA) is 63.3 Å². The van der Waals surface area contributed by atoms with Crippen molar-refractivity contribution in [3.05, 3.63) is 0 Å². The fourth-order valence-corrected chi connectivity index (χ4v) is 1.58. The van der Waals surface area contributed by atoms with Crippen LogP contribution in [0.1, 0.15) is 26.2 Å². The molecule has 3 nitrogen and oxygen atoms in total. The summed E-state index contributed by atoms with van der Waals surface area (Å²) in [6.07, 6.45) is 2.40. The average molecular weight is 157 g/mol. The van der Waals surface area contributed by atoms with Crippen molar-refractivity contribution in [3.63, 3.8) is 0 Å². The Balaban J connectivity index is 2.46. The van der Waals surface area contributed by atoms with E-state index >= 15 is 0 Å². The van der Waals surface area contributed by atoms with Crippen LogP contribution in [0.15, 0.2) is 0 Å². The molecule has 0 bridgehead atoms. The van der Waals surface area contributed by atoms with Crippen LogP contribution in [-0.2, 0) is 4.79 Å². The molecule has 0 radical (unpaired) electrons. The third-order valence-electron chi connectivity index (χ3n) is 2.61. The molecule has 0 aromatic rings. The maximum absolute atomic E-state index is 10.6. The molecule has 1 saturated carbocycles. The molecule has 0 heterocycles. The first kappa shape index (κ1) is 8.53. The van der Waals surface area contributed by atoms with Crippen LogP contribution in [0, 0.1) is 11.8 Å². The van der Waals surface area contributed by atoms with E-state index in [1.165, 1.54) is 0 Å². The van der Waals surface area contributed by atoms with Gasteiger partial charge in [-0.1, -0.05) is 6.92 Å². The molecule has 3 N–H and O–H groups in total. The monoisotopic (exact) mass is 157 g/mol. The van der Waals surface area contributed by atoms with Crippen molar-refractivity contribution in [2.75, 3.05) is 0 Å². The van der Waals surface area contributed by atoms with Gasteiger partial charge in [-0.15, -0.1) is 0 Å². The summed E-state index contributed by atoms with van der Waals surface area (Å²) in [6.45, 7) is 2.09. The highest BCUT2D eigenvalue weighted by Crippen LogP contribution is 2.27. The van der Waals surface area contributed by atoms with Gasteiger partial charge in [0.2, 0.25) is 0 Å². The molecule has 1 rings (SSSR count). The van der Waals surface area contributed by atoms with Gasteiger partial charge in [0.05, 0.1) is 5.92 Å². The molecule has 1 aliphatic carbocycles. The number of aliphatic carboxylic acids is 1. The highest BCUT2D eigenvalue weighted by Gasteiger charge is 2.28. The molecular formula is C8H15NO2. The first-order valence-electron chi connectivity index (χ1n) is 4.09. The van der Waals surface area contributed by atoms with Gasteiger partial charge in [0.15, 0.2) is 0 Å². The number of hydrogen-bond donors (Lipinski definition) is 2. The second-order valence-electron chi connectivity index (χ2n) is 3.49. The number of nitrogens with two attached hydrogens (primary N) is 1. The molecule has 1 aliphatic rings. The summed E-state index contributed by atoms with van der Waals surface area (Å²) < 4.78 is 0. The summed E-state index contributed by atoms with van der Waals surface area (Å²) >= 11 is 0. The molecule has 0 aromatic carbocycles. The van der Waals surface area contributed by atoms with Crippen LogP contribution in [0.4, 0.5) is 0 Å². The second kappa shape index (κ2) is 3.22. The lowest BCUT2D eigenvalue weighted by atomic mass is 9.80. The van der Waals surface area contributed by atoms with Gasteiger partial charge in [-0.05, 0) is 25.2 Å². The van der Waals surface area contributed by atoms with Gasteiger partial charge >= 0.3 is 5.97 Å². The maximum Gasteiger partial charge on any atom is 0.306 e. The summed E-state index contributed by atoms with van der Waals surface area (Å²) in [4.78, 5) is 10.6. The zero-order chi connectivity index (χ0) is 8.43. The summed E-state index contributed by atoms with van der Waals surface area (Å²) in [5, 5.41) is 8.69. The zero-order valence-electron chi connectivity index (χ0n) is 6.79. The van der Waals surface area contributed by atoms with E-state index in [0.29, 0.717) is 12.3 Å². The predicted molar refractivity (Wildman–Crippen MR) is 42.1 cm³/mol. The average Bonchev–Trinajstić information content (AvgIpc) is 1.94. The maximum atomic E-state index is 10.6. The minimum Gasteiger partial charge on any atom is -0.481 e. The number of carboxylic acids is 1. The van der Waals surface area contributed by atoms with Crippen LogP contribution in [0.5, 0.6) is 0 Å². The highest BCUT2D eigenvalue weighted by atomic mass is 16.4. The van der Waals surface area contributed by atoms with Gasteiger partial charge in [-0.3, -0.25) is 4.79 Å². The van der Waals surface area contributed by atoms with Crippen molar-refractivity contribution in [2.24, 2.45) is 17.6 Å². The minimum absolute atomic E-state index is 0.0878. The fourth-order valence-electron chi connectivity index (χ4n) is 1.58. The van der Waals surface area contributed by atoms with Crippen LogP contribution >= 0.6 is 0 Å². The largest absolute Gasteiger partial charge is 0.481 e. The van der Waals surface area contributed by atoms with E-state index in [1.807, 2.05) is 0 Å². The third-order valence-corrected chi connectivity index (χ3v) is 2.61. The van der Waals surface area contributed by atoms with Gasteiger partial charge in [-0.25, -0.2) is 0 Å². The molecule has 0 aromatic heterocycles. The Bertz CT molecular complexity index is 158. The number of rotatable bonds is 1. The number of carbonyl (C=O) groups is 1. The Morgan fingerprint density at radius 3 is 2.64 bits per heavy atom. The summed E-state index contributed by atoms with van der Waals surface area (Å²) in [7, 11) is 0. The van der Waals surface area contributed by atoms with Gasteiger partial charge in [0.1, 0.15) is 0 Å². The van der Waals surface area contributed by atoms with Crippen molar-refractivity contribution >= 4 is 5.97 Å². The summed E-state index contributed by atoms with van der Waals surface area (Å²) in [6, 6.07) is 0.0878. The molecular weight excluding hydrogens is 142 g/mol. The summed E-state index contributed by atoms with van der Waals surface area (Å²) in [5.41, 5.74) is 5.74. The van der Waals surface area contributed by atoms with E-state index in [4.69, 9.17) is 10.8 Å². The smallest absolute Gasteiger partial charge is 0.306 e. The van der Waals surface area contributed by atoms with Crippen molar-refractivity contribution in [1.82, 2.24) is 0 Å². The van der Waals surface area contributed by atoms with Crippen molar-refractivity contribution in [3.8, 4) is 0 Å². The Morgan fingerprint density at radius 1 is 1.55 bits per heavy atom. The zero-order valence-corrected chi connectivity index (χ0v) is 6.79. The molecule has 0 saturated heterocycles. The van der Waals surface area contributed by atoms with Gasteiger partial charge < -0.3 is 10.8 Å². The van der Waals surface area contributed by atoms with E-state index in [9.17, 15) is 4.79 Å². The van der Waals surface area contributed by atoms with Gasteiger partial charge in [0, 0.05) is 6.04 Å². The van der Waals surface area contributed by atoms with E-state index < -0.39 is 5.97 Å². The van der Waals surface area contributed by atoms with E-state index in [2.05, 4.69) is 6.92 Å². The molecule has 64 valence electrons.